The lowest BCUT2D eigenvalue weighted by Gasteiger charge is -2.35. The molecule has 0 bridgehead atoms. The highest BCUT2D eigenvalue weighted by Gasteiger charge is 2.40. The number of aryl methyl sites for hydroxylation is 1. The van der Waals surface area contributed by atoms with Crippen molar-refractivity contribution in [3.63, 3.8) is 0 Å². The van der Waals surface area contributed by atoms with Crippen molar-refractivity contribution in [1.29, 1.82) is 0 Å². The van der Waals surface area contributed by atoms with E-state index in [0.29, 0.717) is 56.5 Å². The second-order valence-electron chi connectivity index (χ2n) is 10.9. The first kappa shape index (κ1) is 27.6. The zero-order valence-corrected chi connectivity index (χ0v) is 22.7. The van der Waals surface area contributed by atoms with Gasteiger partial charge in [0.25, 0.3) is 0 Å². The summed E-state index contributed by atoms with van der Waals surface area (Å²) in [5.74, 6) is 0.00949. The molecule has 9 nitrogen and oxygen atoms in total. The minimum absolute atomic E-state index is 0.174. The van der Waals surface area contributed by atoms with Crippen molar-refractivity contribution >= 4 is 23.3 Å². The van der Waals surface area contributed by atoms with Gasteiger partial charge in [0.2, 0.25) is 11.7 Å². The average molecular weight is 581 g/mol. The molecule has 1 N–H and O–H groups in total. The van der Waals surface area contributed by atoms with Gasteiger partial charge in [-0.05, 0) is 24.5 Å². The summed E-state index contributed by atoms with van der Waals surface area (Å²) in [5.41, 5.74) is 2.22. The highest BCUT2D eigenvalue weighted by Crippen LogP contribution is 2.38. The number of amides is 1. The first-order valence-electron chi connectivity index (χ1n) is 13.7. The topological polar surface area (TPSA) is 92.7 Å². The predicted octanol–water partition coefficient (Wildman–Crippen LogP) is 2.80. The molecule has 40 heavy (non-hydrogen) atoms. The van der Waals surface area contributed by atoms with Crippen molar-refractivity contribution in [2.75, 3.05) is 64.1 Å². The van der Waals surface area contributed by atoms with E-state index in [1.54, 1.807) is 0 Å². The van der Waals surface area contributed by atoms with Crippen LogP contribution in [0.25, 0.3) is 0 Å². The molecule has 216 valence electrons. The Kier molecular flexibility index (Phi) is 7.86. The minimum atomic E-state index is -4.62. The molecule has 3 aliphatic heterocycles. The summed E-state index contributed by atoms with van der Waals surface area (Å²) in [6, 6.07) is 3.54. The van der Waals surface area contributed by atoms with Gasteiger partial charge in [0.1, 0.15) is 5.82 Å². The van der Waals surface area contributed by atoms with Crippen LogP contribution in [0.15, 0.2) is 24.5 Å². The number of pyridine rings is 1. The van der Waals surface area contributed by atoms with Gasteiger partial charge in [-0.15, -0.1) is 11.6 Å². The fourth-order valence-electron chi connectivity index (χ4n) is 6.29. The van der Waals surface area contributed by atoms with Gasteiger partial charge < -0.3 is 19.7 Å². The zero-order valence-electron chi connectivity index (χ0n) is 21.9. The molecule has 0 saturated carbocycles. The molecular formula is C27H32ClF3N6O3. The summed E-state index contributed by atoms with van der Waals surface area (Å²) in [6.45, 7) is 5.75. The van der Waals surface area contributed by atoms with Crippen LogP contribution in [0.3, 0.4) is 0 Å². The molecule has 6 rings (SSSR count). The molecule has 0 aromatic carbocycles. The molecule has 13 heteroatoms. The second-order valence-corrected chi connectivity index (χ2v) is 11.5. The van der Waals surface area contributed by atoms with E-state index in [0.717, 1.165) is 43.4 Å². The first-order valence-corrected chi connectivity index (χ1v) is 14.2. The average Bonchev–Trinajstić information content (AvgIpc) is 3.56. The number of nitrogens with zero attached hydrogens (tertiary/aromatic N) is 5. The quantitative estimate of drug-likeness (QED) is 0.522. The number of rotatable bonds is 6. The van der Waals surface area contributed by atoms with Crippen molar-refractivity contribution in [2.24, 2.45) is 11.8 Å². The molecule has 0 spiro atoms. The Morgan fingerprint density at radius 2 is 1.80 bits per heavy atom. The van der Waals surface area contributed by atoms with Crippen LogP contribution in [-0.2, 0) is 26.9 Å². The third kappa shape index (κ3) is 5.63. The van der Waals surface area contributed by atoms with Gasteiger partial charge in [0, 0.05) is 73.6 Å². The number of fused-ring (bicyclic) bond motifs is 2. The summed E-state index contributed by atoms with van der Waals surface area (Å²) in [4.78, 5) is 30.0. The van der Waals surface area contributed by atoms with Crippen LogP contribution in [0.1, 0.15) is 41.0 Å². The third-order valence-corrected chi connectivity index (χ3v) is 8.93. The molecule has 2 aromatic heterocycles. The van der Waals surface area contributed by atoms with Crippen molar-refractivity contribution < 1.29 is 27.4 Å². The SMILES string of the molecule is O=C(NCC(c1cnc(C(F)(F)F)nc1)N1CCOCC1)C1c2ccc(N3CC4COCC4C3)nc2CCC1Cl. The Morgan fingerprint density at radius 1 is 1.10 bits per heavy atom. The molecule has 5 heterocycles. The molecule has 0 radical (unpaired) electrons. The van der Waals surface area contributed by atoms with Crippen LogP contribution in [-0.4, -0.2) is 90.3 Å². The van der Waals surface area contributed by atoms with E-state index < -0.39 is 24.0 Å². The monoisotopic (exact) mass is 580 g/mol. The van der Waals surface area contributed by atoms with Gasteiger partial charge in [0.05, 0.1) is 38.4 Å². The normalized spacial score (nSPS) is 27.8. The lowest BCUT2D eigenvalue weighted by Crippen LogP contribution is -2.45. The summed E-state index contributed by atoms with van der Waals surface area (Å²) < 4.78 is 50.1. The van der Waals surface area contributed by atoms with E-state index in [-0.39, 0.29) is 17.8 Å². The number of ether oxygens (including phenoxy) is 2. The predicted molar refractivity (Wildman–Crippen MR) is 140 cm³/mol. The minimum Gasteiger partial charge on any atom is -0.381 e. The van der Waals surface area contributed by atoms with Gasteiger partial charge >= 0.3 is 6.18 Å². The number of nitrogens with one attached hydrogen (secondary N) is 1. The smallest absolute Gasteiger partial charge is 0.381 e. The summed E-state index contributed by atoms with van der Waals surface area (Å²) in [7, 11) is 0. The highest BCUT2D eigenvalue weighted by atomic mass is 35.5. The van der Waals surface area contributed by atoms with Crippen LogP contribution in [0, 0.1) is 11.8 Å². The van der Waals surface area contributed by atoms with Crippen molar-refractivity contribution in [2.45, 2.75) is 36.4 Å². The largest absolute Gasteiger partial charge is 0.451 e. The van der Waals surface area contributed by atoms with Crippen LogP contribution in [0.2, 0.25) is 0 Å². The van der Waals surface area contributed by atoms with Gasteiger partial charge in [-0.3, -0.25) is 9.69 Å². The number of anilines is 1. The maximum atomic E-state index is 13.6. The van der Waals surface area contributed by atoms with Gasteiger partial charge in [0.15, 0.2) is 0 Å². The first-order chi connectivity index (χ1) is 19.3. The number of carbonyl (C=O) groups is 1. The van der Waals surface area contributed by atoms with Crippen LogP contribution >= 0.6 is 11.6 Å². The second kappa shape index (κ2) is 11.4. The Balaban J connectivity index is 1.17. The fraction of sp³-hybridized carbons (Fsp3) is 0.630. The third-order valence-electron chi connectivity index (χ3n) is 8.46. The lowest BCUT2D eigenvalue weighted by molar-refractivity contribution is -0.145. The Labute approximate surface area is 235 Å². The van der Waals surface area contributed by atoms with Crippen LogP contribution in [0.4, 0.5) is 19.0 Å². The van der Waals surface area contributed by atoms with E-state index >= 15 is 0 Å². The van der Waals surface area contributed by atoms with E-state index in [4.69, 9.17) is 26.1 Å². The Morgan fingerprint density at radius 3 is 2.48 bits per heavy atom. The van der Waals surface area contributed by atoms with Crippen molar-refractivity contribution in [3.05, 3.63) is 47.2 Å². The molecule has 1 aliphatic carbocycles. The summed E-state index contributed by atoms with van der Waals surface area (Å²) >= 11 is 6.71. The molecule has 3 fully saturated rings. The summed E-state index contributed by atoms with van der Waals surface area (Å²) in [6.07, 6.45) is -0.925. The number of aromatic nitrogens is 3. The molecule has 2 aromatic rings. The van der Waals surface area contributed by atoms with Gasteiger partial charge in [-0.1, -0.05) is 6.07 Å². The van der Waals surface area contributed by atoms with E-state index in [1.807, 2.05) is 12.1 Å². The summed E-state index contributed by atoms with van der Waals surface area (Å²) in [5, 5.41) is 2.64. The molecule has 1 amide bonds. The van der Waals surface area contributed by atoms with Gasteiger partial charge in [-0.25, -0.2) is 15.0 Å². The van der Waals surface area contributed by atoms with Gasteiger partial charge in [-0.2, -0.15) is 13.2 Å². The number of hydrogen-bond donors (Lipinski definition) is 1. The number of halogens is 4. The van der Waals surface area contributed by atoms with E-state index in [2.05, 4.69) is 25.1 Å². The maximum Gasteiger partial charge on any atom is 0.451 e. The molecule has 5 unspecified atom stereocenters. The highest BCUT2D eigenvalue weighted by molar-refractivity contribution is 6.23. The van der Waals surface area contributed by atoms with Crippen molar-refractivity contribution in [3.8, 4) is 0 Å². The zero-order chi connectivity index (χ0) is 27.9. The molecule has 5 atom stereocenters. The Bertz CT molecular complexity index is 1200. The lowest BCUT2D eigenvalue weighted by atomic mass is 9.84. The molecule has 4 aliphatic rings. The molecular weight excluding hydrogens is 549 g/mol. The standard InChI is InChI=1S/C27H32ClF3N6O3/c28-20-2-3-21-19(1-4-23(35-21)37-12-17-14-40-15-18(17)13-37)24(20)25(38)32-11-22(36-5-7-39-8-6-36)16-9-33-26(34-10-16)27(29,30)31/h1,4,9-10,17-18,20,22,24H,2-3,5-8,11-15H2,(H,32,38). The fourth-order valence-corrected chi connectivity index (χ4v) is 6.65. The number of hydrogen-bond acceptors (Lipinski definition) is 8. The molecule has 3 saturated heterocycles. The number of carbonyl (C=O) groups excluding carboxylic acids is 1. The van der Waals surface area contributed by atoms with E-state index in [9.17, 15) is 18.0 Å². The van der Waals surface area contributed by atoms with Crippen LogP contribution in [0.5, 0.6) is 0 Å². The van der Waals surface area contributed by atoms with Crippen molar-refractivity contribution in [1.82, 2.24) is 25.2 Å². The van der Waals surface area contributed by atoms with Crippen LogP contribution < -0.4 is 10.2 Å². The Hall–Kier alpha value is -2.54. The number of morpholine rings is 1. The maximum absolute atomic E-state index is 13.6. The number of alkyl halides is 4. The van der Waals surface area contributed by atoms with E-state index in [1.165, 1.54) is 12.4 Å².